The first kappa shape index (κ1) is 23.6. The fourth-order valence-electron chi connectivity index (χ4n) is 2.45. The molecule has 0 aliphatic heterocycles. The van der Waals surface area contributed by atoms with Crippen LogP contribution in [0.15, 0.2) is 24.3 Å². The van der Waals surface area contributed by atoms with Gasteiger partial charge >= 0.3 is 23.9 Å². The summed E-state index contributed by atoms with van der Waals surface area (Å²) in [7, 11) is 1.18. The van der Waals surface area contributed by atoms with Crippen molar-refractivity contribution in [3.63, 3.8) is 0 Å². The van der Waals surface area contributed by atoms with Crippen molar-refractivity contribution < 1.29 is 43.3 Å². The number of esters is 3. The van der Waals surface area contributed by atoms with Crippen molar-refractivity contribution in [3.05, 3.63) is 35.4 Å². The molecule has 10 heteroatoms. The van der Waals surface area contributed by atoms with Crippen LogP contribution in [0.4, 0.5) is 0 Å². The number of amides is 1. The molecule has 1 aromatic rings. The lowest BCUT2D eigenvalue weighted by Crippen LogP contribution is -2.49. The number of ether oxygens (including phenoxy) is 3. The molecule has 1 amide bonds. The summed E-state index contributed by atoms with van der Waals surface area (Å²) < 4.78 is 14.2. The van der Waals surface area contributed by atoms with Crippen LogP contribution in [0.2, 0.25) is 0 Å². The Morgan fingerprint density at radius 1 is 1.03 bits per heavy atom. The Morgan fingerprint density at radius 2 is 1.66 bits per heavy atom. The molecular weight excluding hydrogens is 386 g/mol. The van der Waals surface area contributed by atoms with Gasteiger partial charge in [-0.25, -0.2) is 9.59 Å². The number of methoxy groups -OCH3 is 1. The van der Waals surface area contributed by atoms with Gasteiger partial charge in [-0.1, -0.05) is 6.07 Å². The molecule has 2 atom stereocenters. The van der Waals surface area contributed by atoms with E-state index in [0.29, 0.717) is 0 Å². The molecule has 0 unspecified atom stereocenters. The van der Waals surface area contributed by atoms with Gasteiger partial charge in [0.05, 0.1) is 38.2 Å². The first-order valence-electron chi connectivity index (χ1n) is 8.79. The molecule has 0 spiro atoms. The molecule has 158 valence electrons. The van der Waals surface area contributed by atoms with Crippen LogP contribution < -0.4 is 5.32 Å². The smallest absolute Gasteiger partial charge is 0.337 e. The van der Waals surface area contributed by atoms with E-state index in [4.69, 9.17) is 9.47 Å². The zero-order valence-corrected chi connectivity index (χ0v) is 16.3. The lowest BCUT2D eigenvalue weighted by Gasteiger charge is -2.23. The quantitative estimate of drug-likeness (QED) is 0.423. The van der Waals surface area contributed by atoms with Crippen molar-refractivity contribution in [1.82, 2.24) is 5.32 Å². The van der Waals surface area contributed by atoms with Crippen LogP contribution >= 0.6 is 0 Å². The minimum atomic E-state index is -1.76. The van der Waals surface area contributed by atoms with Crippen molar-refractivity contribution >= 4 is 29.8 Å². The molecule has 0 radical (unpaired) electrons. The van der Waals surface area contributed by atoms with Crippen LogP contribution in [0.25, 0.3) is 0 Å². The topological polar surface area (TPSA) is 145 Å². The molecule has 0 saturated heterocycles. The van der Waals surface area contributed by atoms with Gasteiger partial charge in [0, 0.05) is 5.56 Å². The first-order chi connectivity index (χ1) is 13.7. The van der Waals surface area contributed by atoms with Crippen LogP contribution in [0, 0.1) is 5.92 Å². The summed E-state index contributed by atoms with van der Waals surface area (Å²) in [4.78, 5) is 59.9. The first-order valence-corrected chi connectivity index (χ1v) is 8.79. The normalized spacial score (nSPS) is 12.2. The predicted molar refractivity (Wildman–Crippen MR) is 98.0 cm³/mol. The summed E-state index contributed by atoms with van der Waals surface area (Å²) in [5.74, 6) is -6.35. The van der Waals surface area contributed by atoms with Gasteiger partial charge in [0.15, 0.2) is 0 Å². The predicted octanol–water partition coefficient (Wildman–Crippen LogP) is 0.789. The molecule has 0 heterocycles. The summed E-state index contributed by atoms with van der Waals surface area (Å²) in [6, 6.07) is 3.64. The highest BCUT2D eigenvalue weighted by Crippen LogP contribution is 2.15. The van der Waals surface area contributed by atoms with Crippen LogP contribution in [0.5, 0.6) is 0 Å². The Labute approximate surface area is 167 Å². The van der Waals surface area contributed by atoms with Gasteiger partial charge in [-0.3, -0.25) is 14.4 Å². The van der Waals surface area contributed by atoms with Crippen LogP contribution in [-0.2, 0) is 28.6 Å². The lowest BCUT2D eigenvalue weighted by molar-refractivity contribution is -0.159. The molecular formula is C19H23NO9. The number of hydrogen-bond acceptors (Lipinski definition) is 8. The number of aliphatic carboxylic acids is 1. The molecule has 2 N–H and O–H groups in total. The maximum absolute atomic E-state index is 12.5. The molecule has 0 bridgehead atoms. The fraction of sp³-hybridized carbons (Fsp3) is 0.421. The van der Waals surface area contributed by atoms with E-state index in [1.807, 2.05) is 0 Å². The Kier molecular flexibility index (Phi) is 9.30. The van der Waals surface area contributed by atoms with Gasteiger partial charge < -0.3 is 24.6 Å². The van der Waals surface area contributed by atoms with Gasteiger partial charge in [-0.05, 0) is 32.0 Å². The molecule has 29 heavy (non-hydrogen) atoms. The second-order valence-electron chi connectivity index (χ2n) is 5.73. The van der Waals surface area contributed by atoms with Crippen molar-refractivity contribution in [2.45, 2.75) is 26.3 Å². The number of carbonyl (C=O) groups is 5. The third-order valence-electron chi connectivity index (χ3n) is 3.78. The van der Waals surface area contributed by atoms with Crippen LogP contribution in [-0.4, -0.2) is 61.3 Å². The van der Waals surface area contributed by atoms with Crippen LogP contribution in [0.1, 0.15) is 41.0 Å². The molecule has 10 nitrogen and oxygen atoms in total. The molecule has 0 saturated carbocycles. The highest BCUT2D eigenvalue weighted by molar-refractivity contribution is 6.00. The zero-order valence-electron chi connectivity index (χ0n) is 16.3. The molecule has 1 aromatic carbocycles. The highest BCUT2D eigenvalue weighted by Gasteiger charge is 2.38. The molecule has 0 fully saturated rings. The van der Waals surface area contributed by atoms with Crippen molar-refractivity contribution in [2.75, 3.05) is 20.3 Å². The highest BCUT2D eigenvalue weighted by atomic mass is 16.5. The lowest BCUT2D eigenvalue weighted by atomic mass is 9.95. The van der Waals surface area contributed by atoms with E-state index in [2.05, 4.69) is 10.1 Å². The van der Waals surface area contributed by atoms with Gasteiger partial charge in [-0.2, -0.15) is 0 Å². The van der Waals surface area contributed by atoms with E-state index in [1.54, 1.807) is 6.92 Å². The number of carboxylic acids is 1. The molecule has 1 rings (SSSR count). The minimum absolute atomic E-state index is 0.0297. The molecule has 0 aliphatic rings. The Balaban J connectivity index is 3.13. The van der Waals surface area contributed by atoms with Crippen LogP contribution in [0.3, 0.4) is 0 Å². The number of benzene rings is 1. The summed E-state index contributed by atoms with van der Waals surface area (Å²) in [6.45, 7) is 3.08. The van der Waals surface area contributed by atoms with E-state index in [1.165, 1.54) is 38.3 Å². The third-order valence-corrected chi connectivity index (χ3v) is 3.78. The summed E-state index contributed by atoms with van der Waals surface area (Å²) in [6.07, 6.45) is -0.591. The van der Waals surface area contributed by atoms with Crippen molar-refractivity contribution in [2.24, 2.45) is 5.92 Å². The number of carboxylic acid groups (broad SMARTS) is 1. The van der Waals surface area contributed by atoms with E-state index < -0.39 is 48.2 Å². The van der Waals surface area contributed by atoms with Gasteiger partial charge in [0.1, 0.15) is 6.04 Å². The summed E-state index contributed by atoms with van der Waals surface area (Å²) in [5, 5.41) is 11.7. The second kappa shape index (κ2) is 11.4. The van der Waals surface area contributed by atoms with E-state index in [-0.39, 0.29) is 24.3 Å². The average molecular weight is 409 g/mol. The Bertz CT molecular complexity index is 775. The van der Waals surface area contributed by atoms with Gasteiger partial charge in [-0.15, -0.1) is 0 Å². The number of hydrogen-bond donors (Lipinski definition) is 2. The van der Waals surface area contributed by atoms with Crippen molar-refractivity contribution in [1.29, 1.82) is 0 Å². The monoisotopic (exact) mass is 409 g/mol. The van der Waals surface area contributed by atoms with E-state index >= 15 is 0 Å². The van der Waals surface area contributed by atoms with Gasteiger partial charge in [0.25, 0.3) is 5.91 Å². The van der Waals surface area contributed by atoms with Gasteiger partial charge in [0.2, 0.25) is 0 Å². The number of nitrogens with one attached hydrogen (secondary N) is 1. The maximum atomic E-state index is 12.5. The standard InChI is InChI=1S/C19H23NO9/c1-4-28-14(21)10-13(19(26)29-5-2)15(17(23)24)20-16(22)11-7-6-8-12(9-11)18(25)27-3/h6-9,13,15H,4-5,10H2,1-3H3,(H,20,22)(H,23,24)/t13-,15-/m1/s1. The largest absolute Gasteiger partial charge is 0.480 e. The number of carbonyl (C=O) groups excluding carboxylic acids is 4. The third kappa shape index (κ3) is 6.91. The maximum Gasteiger partial charge on any atom is 0.337 e. The Hall–Kier alpha value is -3.43. The zero-order chi connectivity index (χ0) is 22.0. The summed E-state index contributed by atoms with van der Waals surface area (Å²) >= 11 is 0. The average Bonchev–Trinajstić information content (AvgIpc) is 2.70. The molecule has 0 aromatic heterocycles. The van der Waals surface area contributed by atoms with Crippen molar-refractivity contribution in [3.8, 4) is 0 Å². The fourth-order valence-corrected chi connectivity index (χ4v) is 2.45. The number of rotatable bonds is 10. The minimum Gasteiger partial charge on any atom is -0.480 e. The second-order valence-corrected chi connectivity index (χ2v) is 5.73. The Morgan fingerprint density at radius 3 is 2.21 bits per heavy atom. The van der Waals surface area contributed by atoms with E-state index in [0.717, 1.165) is 0 Å². The van der Waals surface area contributed by atoms with E-state index in [9.17, 15) is 29.1 Å². The SMILES string of the molecule is CCOC(=O)C[C@@H](C(=O)OCC)[C@@H](NC(=O)c1cccc(C(=O)OC)c1)C(=O)O. The summed E-state index contributed by atoms with van der Waals surface area (Å²) in [5.41, 5.74) is 0.0541. The molecule has 0 aliphatic carbocycles.